The summed E-state index contributed by atoms with van der Waals surface area (Å²) in [7, 11) is -2.33. The number of hydrogen-bond donors (Lipinski definition) is 2. The van der Waals surface area contributed by atoms with E-state index in [0.29, 0.717) is 17.2 Å². The Kier molecular flexibility index (Phi) is 5.52. The van der Waals surface area contributed by atoms with Crippen LogP contribution in [0.5, 0.6) is 17.2 Å². The fourth-order valence-corrected chi connectivity index (χ4v) is 3.71. The van der Waals surface area contributed by atoms with Crippen LogP contribution in [0.25, 0.3) is 0 Å². The van der Waals surface area contributed by atoms with E-state index in [1.54, 1.807) is 30.3 Å². The van der Waals surface area contributed by atoms with Gasteiger partial charge in [-0.05, 0) is 48.9 Å². The molecular formula is C18H20N2O6S. The maximum absolute atomic E-state index is 12.4. The van der Waals surface area contributed by atoms with E-state index in [1.165, 1.54) is 26.2 Å². The molecule has 1 aliphatic rings. The number of amides is 1. The highest BCUT2D eigenvalue weighted by Gasteiger charge is 2.22. The van der Waals surface area contributed by atoms with Crippen molar-refractivity contribution in [2.24, 2.45) is 0 Å². The Morgan fingerprint density at radius 3 is 2.56 bits per heavy atom. The van der Waals surface area contributed by atoms with Gasteiger partial charge in [0.05, 0.1) is 18.0 Å². The molecule has 1 heterocycles. The summed E-state index contributed by atoms with van der Waals surface area (Å²) in [6, 6.07) is 10.3. The fourth-order valence-electron chi connectivity index (χ4n) is 2.50. The van der Waals surface area contributed by atoms with Crippen molar-refractivity contribution in [1.82, 2.24) is 10.0 Å². The van der Waals surface area contributed by atoms with Gasteiger partial charge in [-0.15, -0.1) is 0 Å². The minimum absolute atomic E-state index is 0.0544. The third-order valence-corrected chi connectivity index (χ3v) is 5.56. The summed E-state index contributed by atoms with van der Waals surface area (Å²) in [4.78, 5) is 12.3. The minimum atomic E-state index is -3.82. The lowest BCUT2D eigenvalue weighted by atomic mass is 10.2. The van der Waals surface area contributed by atoms with Crippen molar-refractivity contribution in [3.8, 4) is 17.2 Å². The van der Waals surface area contributed by atoms with Crippen molar-refractivity contribution in [2.75, 3.05) is 13.9 Å². The molecule has 0 spiro atoms. The number of nitrogens with one attached hydrogen (secondary N) is 2. The standard InChI is InChI=1S/C18H20N2O6S/c1-12(20-27(22,23)15-6-4-14(24-2)5-7-15)18(21)19-10-13-3-8-16-17(9-13)26-11-25-16/h3-9,12,20H,10-11H2,1-2H3,(H,19,21). The molecule has 1 unspecified atom stereocenters. The topological polar surface area (TPSA) is 103 Å². The Hall–Kier alpha value is -2.78. The van der Waals surface area contributed by atoms with E-state index in [4.69, 9.17) is 14.2 Å². The van der Waals surface area contributed by atoms with Crippen LogP contribution in [0.4, 0.5) is 0 Å². The lowest BCUT2D eigenvalue weighted by Gasteiger charge is -2.15. The zero-order chi connectivity index (χ0) is 19.4. The molecule has 27 heavy (non-hydrogen) atoms. The molecule has 1 atom stereocenters. The van der Waals surface area contributed by atoms with Crippen molar-refractivity contribution < 1.29 is 27.4 Å². The van der Waals surface area contributed by atoms with E-state index in [1.807, 2.05) is 0 Å². The molecule has 0 bridgehead atoms. The first-order valence-electron chi connectivity index (χ1n) is 8.21. The van der Waals surface area contributed by atoms with Crippen LogP contribution in [0.15, 0.2) is 47.4 Å². The van der Waals surface area contributed by atoms with Gasteiger partial charge in [-0.2, -0.15) is 4.72 Å². The van der Waals surface area contributed by atoms with E-state index < -0.39 is 22.0 Å². The van der Waals surface area contributed by atoms with Gasteiger partial charge in [-0.1, -0.05) is 6.07 Å². The largest absolute Gasteiger partial charge is 0.497 e. The average Bonchev–Trinajstić information content (AvgIpc) is 3.13. The molecule has 9 heteroatoms. The zero-order valence-corrected chi connectivity index (χ0v) is 15.7. The molecule has 0 saturated carbocycles. The van der Waals surface area contributed by atoms with E-state index in [-0.39, 0.29) is 18.2 Å². The monoisotopic (exact) mass is 392 g/mol. The van der Waals surface area contributed by atoms with Gasteiger partial charge in [-0.3, -0.25) is 4.79 Å². The summed E-state index contributed by atoms with van der Waals surface area (Å²) in [5.41, 5.74) is 0.817. The molecule has 0 aliphatic carbocycles. The van der Waals surface area contributed by atoms with Crippen LogP contribution in [0, 0.1) is 0 Å². The second-order valence-corrected chi connectivity index (χ2v) is 7.64. The molecule has 1 aliphatic heterocycles. The molecule has 3 rings (SSSR count). The predicted octanol–water partition coefficient (Wildman–Crippen LogP) is 1.41. The van der Waals surface area contributed by atoms with Crippen LogP contribution in [0.2, 0.25) is 0 Å². The van der Waals surface area contributed by atoms with Crippen molar-refractivity contribution in [3.05, 3.63) is 48.0 Å². The number of methoxy groups -OCH3 is 1. The second-order valence-electron chi connectivity index (χ2n) is 5.92. The molecule has 0 aromatic heterocycles. The number of benzene rings is 2. The van der Waals surface area contributed by atoms with Crippen LogP contribution in [0.3, 0.4) is 0 Å². The summed E-state index contributed by atoms with van der Waals surface area (Å²) in [6.45, 7) is 1.90. The summed E-state index contributed by atoms with van der Waals surface area (Å²) >= 11 is 0. The molecule has 144 valence electrons. The lowest BCUT2D eigenvalue weighted by molar-refractivity contribution is -0.122. The first-order valence-corrected chi connectivity index (χ1v) is 9.70. The summed E-state index contributed by atoms with van der Waals surface area (Å²) in [6.07, 6.45) is 0. The van der Waals surface area contributed by atoms with Crippen molar-refractivity contribution >= 4 is 15.9 Å². The fraction of sp³-hybridized carbons (Fsp3) is 0.278. The quantitative estimate of drug-likeness (QED) is 0.739. The van der Waals surface area contributed by atoms with Crippen LogP contribution >= 0.6 is 0 Å². The summed E-state index contributed by atoms with van der Waals surface area (Å²) in [5.74, 6) is 1.38. The van der Waals surface area contributed by atoms with Crippen LogP contribution in [0.1, 0.15) is 12.5 Å². The average molecular weight is 392 g/mol. The maximum atomic E-state index is 12.4. The van der Waals surface area contributed by atoms with Gasteiger partial charge in [0.25, 0.3) is 0 Å². The zero-order valence-electron chi connectivity index (χ0n) is 14.9. The lowest BCUT2D eigenvalue weighted by Crippen LogP contribution is -2.44. The maximum Gasteiger partial charge on any atom is 0.241 e. The molecule has 2 N–H and O–H groups in total. The van der Waals surface area contributed by atoms with Gasteiger partial charge < -0.3 is 19.5 Å². The molecule has 2 aromatic rings. The Morgan fingerprint density at radius 2 is 1.85 bits per heavy atom. The molecule has 0 fully saturated rings. The van der Waals surface area contributed by atoms with Crippen LogP contribution in [-0.2, 0) is 21.4 Å². The number of hydrogen-bond acceptors (Lipinski definition) is 6. The number of fused-ring (bicyclic) bond motifs is 1. The van der Waals surface area contributed by atoms with E-state index in [0.717, 1.165) is 5.56 Å². The van der Waals surface area contributed by atoms with E-state index >= 15 is 0 Å². The van der Waals surface area contributed by atoms with Crippen LogP contribution in [-0.4, -0.2) is 34.3 Å². The predicted molar refractivity (Wildman–Crippen MR) is 97.2 cm³/mol. The SMILES string of the molecule is COc1ccc(S(=O)(=O)NC(C)C(=O)NCc2ccc3c(c2)OCO3)cc1. The molecule has 0 saturated heterocycles. The number of ether oxygens (including phenoxy) is 3. The molecule has 8 nitrogen and oxygen atoms in total. The summed E-state index contributed by atoms with van der Waals surface area (Å²) < 4.78 is 42.7. The van der Waals surface area contributed by atoms with E-state index in [2.05, 4.69) is 10.0 Å². The molecular weight excluding hydrogens is 372 g/mol. The highest BCUT2D eigenvalue weighted by atomic mass is 32.2. The normalized spacial score (nSPS) is 13.9. The third kappa shape index (κ3) is 4.50. The molecule has 1 amide bonds. The Bertz CT molecular complexity index is 927. The van der Waals surface area contributed by atoms with Gasteiger partial charge in [0.2, 0.25) is 22.7 Å². The number of carbonyl (C=O) groups is 1. The Balaban J connectivity index is 1.58. The number of sulfonamides is 1. The van der Waals surface area contributed by atoms with Gasteiger partial charge in [0.1, 0.15) is 5.75 Å². The first kappa shape index (κ1) is 19.0. The smallest absolute Gasteiger partial charge is 0.241 e. The van der Waals surface area contributed by atoms with Gasteiger partial charge in [0.15, 0.2) is 11.5 Å². The highest BCUT2D eigenvalue weighted by Crippen LogP contribution is 2.32. The van der Waals surface area contributed by atoms with Crippen molar-refractivity contribution in [3.63, 3.8) is 0 Å². The number of carbonyl (C=O) groups excluding carboxylic acids is 1. The van der Waals surface area contributed by atoms with Gasteiger partial charge in [-0.25, -0.2) is 8.42 Å². The van der Waals surface area contributed by atoms with Gasteiger partial charge in [0, 0.05) is 6.54 Å². The van der Waals surface area contributed by atoms with Gasteiger partial charge >= 0.3 is 0 Å². The van der Waals surface area contributed by atoms with Crippen molar-refractivity contribution in [1.29, 1.82) is 0 Å². The Morgan fingerprint density at radius 1 is 1.15 bits per heavy atom. The molecule has 0 radical (unpaired) electrons. The number of rotatable bonds is 7. The third-order valence-electron chi connectivity index (χ3n) is 4.00. The Labute approximate surface area is 157 Å². The molecule has 2 aromatic carbocycles. The first-order chi connectivity index (χ1) is 12.9. The van der Waals surface area contributed by atoms with E-state index in [9.17, 15) is 13.2 Å². The summed E-state index contributed by atoms with van der Waals surface area (Å²) in [5, 5.41) is 2.70. The second kappa shape index (κ2) is 7.85. The van der Waals surface area contributed by atoms with Crippen LogP contribution < -0.4 is 24.2 Å². The minimum Gasteiger partial charge on any atom is -0.497 e. The van der Waals surface area contributed by atoms with Crippen molar-refractivity contribution in [2.45, 2.75) is 24.4 Å². The highest BCUT2D eigenvalue weighted by molar-refractivity contribution is 7.89.